The Morgan fingerprint density at radius 1 is 1.42 bits per heavy atom. The third kappa shape index (κ3) is 2.42. The van der Waals surface area contributed by atoms with Gasteiger partial charge in [0.1, 0.15) is 0 Å². The highest BCUT2D eigenvalue weighted by molar-refractivity contribution is 5.99. The van der Waals surface area contributed by atoms with Crippen LogP contribution in [0.1, 0.15) is 20.7 Å². The van der Waals surface area contributed by atoms with E-state index in [0.717, 1.165) is 0 Å². The molecule has 0 bridgehead atoms. The number of rotatable bonds is 4. The minimum Gasteiger partial charge on any atom is -0.481 e. The van der Waals surface area contributed by atoms with Crippen molar-refractivity contribution in [2.75, 3.05) is 25.1 Å². The number of esters is 1. The number of carboxylic acid groups (broad SMARTS) is 1. The number of aliphatic carboxylic acids is 1. The van der Waals surface area contributed by atoms with Crippen LogP contribution in [0.15, 0.2) is 18.2 Å². The molecule has 0 spiro atoms. The molecule has 1 heterocycles. The molecule has 2 rings (SSSR count). The van der Waals surface area contributed by atoms with Crippen molar-refractivity contribution >= 4 is 23.9 Å². The average molecular weight is 263 g/mol. The van der Waals surface area contributed by atoms with Gasteiger partial charge in [-0.25, -0.2) is 4.79 Å². The quantitative estimate of drug-likeness (QED) is 0.639. The van der Waals surface area contributed by atoms with E-state index in [-0.39, 0.29) is 17.0 Å². The summed E-state index contributed by atoms with van der Waals surface area (Å²) in [5.41, 5.74) is 1.16. The molecule has 1 fully saturated rings. The van der Waals surface area contributed by atoms with Crippen LogP contribution in [0, 0.1) is 5.92 Å². The molecule has 0 aromatic heterocycles. The van der Waals surface area contributed by atoms with Gasteiger partial charge in [0.25, 0.3) is 0 Å². The number of carbonyl (C=O) groups is 3. The van der Waals surface area contributed by atoms with Gasteiger partial charge in [-0.15, -0.1) is 0 Å². The number of aldehydes is 1. The Balaban J connectivity index is 2.22. The van der Waals surface area contributed by atoms with Gasteiger partial charge in [0.15, 0.2) is 6.29 Å². The van der Waals surface area contributed by atoms with Crippen LogP contribution in [0.3, 0.4) is 0 Å². The number of benzene rings is 1. The van der Waals surface area contributed by atoms with Crippen molar-refractivity contribution in [3.05, 3.63) is 29.3 Å². The predicted octanol–water partition coefficient (Wildman–Crippen LogP) is 0.806. The van der Waals surface area contributed by atoms with E-state index >= 15 is 0 Å². The molecule has 100 valence electrons. The second kappa shape index (κ2) is 5.09. The SMILES string of the molecule is COC(=O)c1cc(N2CC(C(=O)O)C2)ccc1C=O. The lowest BCUT2D eigenvalue weighted by Crippen LogP contribution is -2.50. The van der Waals surface area contributed by atoms with Crippen molar-refractivity contribution in [1.29, 1.82) is 0 Å². The van der Waals surface area contributed by atoms with Crippen LogP contribution >= 0.6 is 0 Å². The Morgan fingerprint density at radius 2 is 2.11 bits per heavy atom. The third-order valence-corrected chi connectivity index (χ3v) is 3.17. The summed E-state index contributed by atoms with van der Waals surface area (Å²) in [4.78, 5) is 35.0. The summed E-state index contributed by atoms with van der Waals surface area (Å²) < 4.78 is 4.61. The van der Waals surface area contributed by atoms with Crippen molar-refractivity contribution in [2.24, 2.45) is 5.92 Å². The van der Waals surface area contributed by atoms with Gasteiger partial charge in [0.2, 0.25) is 0 Å². The van der Waals surface area contributed by atoms with E-state index in [1.807, 2.05) is 4.90 Å². The molecule has 1 aliphatic heterocycles. The Morgan fingerprint density at radius 3 is 2.63 bits per heavy atom. The molecule has 0 unspecified atom stereocenters. The molecule has 0 aliphatic carbocycles. The largest absolute Gasteiger partial charge is 0.481 e. The van der Waals surface area contributed by atoms with Crippen LogP contribution in [0.25, 0.3) is 0 Å². The minimum atomic E-state index is -0.825. The molecule has 1 aromatic carbocycles. The molecule has 0 radical (unpaired) electrons. The third-order valence-electron chi connectivity index (χ3n) is 3.17. The lowest BCUT2D eigenvalue weighted by atomic mass is 9.98. The molecule has 0 atom stereocenters. The van der Waals surface area contributed by atoms with Gasteiger partial charge in [-0.1, -0.05) is 0 Å². The first-order valence-corrected chi connectivity index (χ1v) is 5.72. The molecule has 1 aromatic rings. The van der Waals surface area contributed by atoms with Gasteiger partial charge in [-0.2, -0.15) is 0 Å². The Kier molecular flexibility index (Phi) is 3.50. The highest BCUT2D eigenvalue weighted by Gasteiger charge is 2.33. The highest BCUT2D eigenvalue weighted by atomic mass is 16.5. The van der Waals surface area contributed by atoms with E-state index < -0.39 is 11.9 Å². The highest BCUT2D eigenvalue weighted by Crippen LogP contribution is 2.26. The van der Waals surface area contributed by atoms with Crippen LogP contribution in [0.5, 0.6) is 0 Å². The van der Waals surface area contributed by atoms with Crippen molar-refractivity contribution in [3.63, 3.8) is 0 Å². The zero-order chi connectivity index (χ0) is 14.0. The van der Waals surface area contributed by atoms with E-state index in [2.05, 4.69) is 4.74 Å². The maximum absolute atomic E-state index is 11.6. The average Bonchev–Trinajstić information content (AvgIpc) is 2.35. The van der Waals surface area contributed by atoms with Crippen molar-refractivity contribution in [1.82, 2.24) is 0 Å². The number of methoxy groups -OCH3 is 1. The van der Waals surface area contributed by atoms with Gasteiger partial charge in [-0.05, 0) is 18.2 Å². The fourth-order valence-corrected chi connectivity index (χ4v) is 1.98. The Bertz CT molecular complexity index is 534. The van der Waals surface area contributed by atoms with E-state index in [0.29, 0.717) is 25.1 Å². The fraction of sp³-hybridized carbons (Fsp3) is 0.308. The number of carboxylic acids is 1. The van der Waals surface area contributed by atoms with Gasteiger partial charge >= 0.3 is 11.9 Å². The maximum atomic E-state index is 11.6. The van der Waals surface area contributed by atoms with Gasteiger partial charge in [0.05, 0.1) is 18.6 Å². The number of hydrogen-bond acceptors (Lipinski definition) is 5. The summed E-state index contributed by atoms with van der Waals surface area (Å²) >= 11 is 0. The molecule has 6 heteroatoms. The molecule has 0 saturated carbocycles. The first-order chi connectivity index (χ1) is 9.06. The lowest BCUT2D eigenvalue weighted by Gasteiger charge is -2.38. The summed E-state index contributed by atoms with van der Waals surface area (Å²) in [7, 11) is 1.24. The number of nitrogens with zero attached hydrogens (tertiary/aromatic N) is 1. The van der Waals surface area contributed by atoms with Crippen LogP contribution < -0.4 is 4.90 Å². The van der Waals surface area contributed by atoms with Crippen LogP contribution in [0.2, 0.25) is 0 Å². The van der Waals surface area contributed by atoms with E-state index in [1.54, 1.807) is 12.1 Å². The molecule has 19 heavy (non-hydrogen) atoms. The van der Waals surface area contributed by atoms with E-state index in [9.17, 15) is 14.4 Å². The van der Waals surface area contributed by atoms with E-state index in [1.165, 1.54) is 13.2 Å². The lowest BCUT2D eigenvalue weighted by molar-refractivity contribution is -0.142. The predicted molar refractivity (Wildman–Crippen MR) is 66.5 cm³/mol. The number of anilines is 1. The summed E-state index contributed by atoms with van der Waals surface area (Å²) in [6.45, 7) is 0.798. The van der Waals surface area contributed by atoms with Crippen LogP contribution in [-0.2, 0) is 9.53 Å². The molecule has 1 aliphatic rings. The Hall–Kier alpha value is -2.37. The van der Waals surface area contributed by atoms with E-state index in [4.69, 9.17) is 5.11 Å². The topological polar surface area (TPSA) is 83.9 Å². The minimum absolute atomic E-state index is 0.189. The summed E-state index contributed by atoms with van der Waals surface area (Å²) in [6.07, 6.45) is 0.589. The first kappa shape index (κ1) is 13.1. The van der Waals surface area contributed by atoms with Crippen molar-refractivity contribution < 1.29 is 24.2 Å². The van der Waals surface area contributed by atoms with Crippen molar-refractivity contribution in [3.8, 4) is 0 Å². The van der Waals surface area contributed by atoms with Crippen molar-refractivity contribution in [2.45, 2.75) is 0 Å². The zero-order valence-electron chi connectivity index (χ0n) is 10.3. The molecule has 1 N–H and O–H groups in total. The molecule has 0 amide bonds. The van der Waals surface area contributed by atoms with Gasteiger partial charge in [-0.3, -0.25) is 9.59 Å². The monoisotopic (exact) mass is 263 g/mol. The summed E-state index contributed by atoms with van der Waals surface area (Å²) in [6, 6.07) is 4.77. The van der Waals surface area contributed by atoms with Gasteiger partial charge in [0, 0.05) is 24.3 Å². The smallest absolute Gasteiger partial charge is 0.338 e. The zero-order valence-corrected chi connectivity index (χ0v) is 10.3. The number of hydrogen-bond donors (Lipinski definition) is 1. The fourth-order valence-electron chi connectivity index (χ4n) is 1.98. The number of ether oxygens (including phenoxy) is 1. The molecular formula is C13H13NO5. The summed E-state index contributed by atoms with van der Waals surface area (Å²) in [5.74, 6) is -1.79. The second-order valence-corrected chi connectivity index (χ2v) is 4.32. The summed E-state index contributed by atoms with van der Waals surface area (Å²) in [5, 5.41) is 8.81. The molecule has 1 saturated heterocycles. The second-order valence-electron chi connectivity index (χ2n) is 4.32. The van der Waals surface area contributed by atoms with Crippen LogP contribution in [0.4, 0.5) is 5.69 Å². The first-order valence-electron chi connectivity index (χ1n) is 5.72. The van der Waals surface area contributed by atoms with Gasteiger partial charge < -0.3 is 14.7 Å². The normalized spacial score (nSPS) is 14.7. The van der Waals surface area contributed by atoms with Crippen LogP contribution in [-0.4, -0.2) is 43.5 Å². The maximum Gasteiger partial charge on any atom is 0.338 e. The molecular weight excluding hydrogens is 250 g/mol. The number of carbonyl (C=O) groups excluding carboxylic acids is 2. The molecule has 6 nitrogen and oxygen atoms in total. The standard InChI is InChI=1S/C13H13NO5/c1-19-13(18)11-4-10(3-2-8(11)7-15)14-5-9(6-14)12(16)17/h2-4,7,9H,5-6H2,1H3,(H,16,17). The Labute approximate surface area is 109 Å².